The van der Waals surface area contributed by atoms with Crippen molar-refractivity contribution in [3.8, 4) is 0 Å². The number of carbonyl (C=O) groups is 1. The first-order valence-corrected chi connectivity index (χ1v) is 6.54. The van der Waals surface area contributed by atoms with E-state index in [1.165, 1.54) is 0 Å². The van der Waals surface area contributed by atoms with Crippen molar-refractivity contribution in [2.45, 2.75) is 19.3 Å². The number of anilines is 1. The molecule has 1 N–H and O–H groups in total. The summed E-state index contributed by atoms with van der Waals surface area (Å²) in [5.74, 6) is 0.543. The van der Waals surface area contributed by atoms with Gasteiger partial charge < -0.3 is 5.32 Å². The monoisotopic (exact) mass is 327 g/mol. The predicted octanol–water partition coefficient (Wildman–Crippen LogP) is 3.59. The first-order chi connectivity index (χ1) is 7.74. The van der Waals surface area contributed by atoms with Gasteiger partial charge in [-0.2, -0.15) is 0 Å². The highest BCUT2D eigenvalue weighted by atomic mass is 127. The molecule has 1 aromatic carbocycles. The standard InChI is InChI=1S/C13H14INO/c14-11-6-3-7-12(9-11)15-13(16)8-10-4-1-2-5-10/h1,3-4,6-7,9-10H,2,5,8H2,(H,15,16). The van der Waals surface area contributed by atoms with Gasteiger partial charge in [-0.1, -0.05) is 18.2 Å². The molecule has 3 heteroatoms. The zero-order valence-corrected chi connectivity index (χ0v) is 11.1. The maximum absolute atomic E-state index is 11.7. The molecule has 1 aliphatic rings. The minimum Gasteiger partial charge on any atom is -0.326 e. The van der Waals surface area contributed by atoms with Crippen LogP contribution in [0.15, 0.2) is 36.4 Å². The molecule has 0 heterocycles. The van der Waals surface area contributed by atoms with Crippen molar-refractivity contribution >= 4 is 34.2 Å². The van der Waals surface area contributed by atoms with Crippen molar-refractivity contribution < 1.29 is 4.79 Å². The number of allylic oxidation sites excluding steroid dienone is 2. The maximum Gasteiger partial charge on any atom is 0.224 e. The van der Waals surface area contributed by atoms with E-state index >= 15 is 0 Å². The second-order valence-corrected chi connectivity index (χ2v) is 5.27. The highest BCUT2D eigenvalue weighted by Gasteiger charge is 2.13. The van der Waals surface area contributed by atoms with Gasteiger partial charge in [-0.3, -0.25) is 4.79 Å². The Kier molecular flexibility index (Phi) is 3.98. The van der Waals surface area contributed by atoms with Crippen LogP contribution in [0, 0.1) is 9.49 Å². The molecule has 0 aromatic heterocycles. The minimum absolute atomic E-state index is 0.110. The largest absolute Gasteiger partial charge is 0.326 e. The van der Waals surface area contributed by atoms with Crippen molar-refractivity contribution in [3.63, 3.8) is 0 Å². The summed E-state index contributed by atoms with van der Waals surface area (Å²) in [5.41, 5.74) is 0.888. The highest BCUT2D eigenvalue weighted by Crippen LogP contribution is 2.21. The van der Waals surface area contributed by atoms with Crippen LogP contribution in [0.25, 0.3) is 0 Å². The molecule has 16 heavy (non-hydrogen) atoms. The minimum atomic E-state index is 0.110. The third-order valence-electron chi connectivity index (χ3n) is 2.67. The third kappa shape index (κ3) is 3.33. The molecule has 1 aromatic rings. The number of halogens is 1. The fraction of sp³-hybridized carbons (Fsp3) is 0.308. The van der Waals surface area contributed by atoms with Gasteiger partial charge in [0.1, 0.15) is 0 Å². The van der Waals surface area contributed by atoms with Gasteiger partial charge in [-0.05, 0) is 59.5 Å². The molecule has 1 amide bonds. The van der Waals surface area contributed by atoms with Crippen LogP contribution in [0.4, 0.5) is 5.69 Å². The summed E-state index contributed by atoms with van der Waals surface area (Å²) >= 11 is 2.24. The number of rotatable bonds is 3. The van der Waals surface area contributed by atoms with Crippen LogP contribution in [-0.4, -0.2) is 5.91 Å². The molecule has 0 saturated carbocycles. The van der Waals surface area contributed by atoms with Gasteiger partial charge in [-0.25, -0.2) is 0 Å². The molecule has 0 fully saturated rings. The van der Waals surface area contributed by atoms with Crippen molar-refractivity contribution in [3.05, 3.63) is 40.0 Å². The number of amides is 1. The molecule has 2 rings (SSSR count). The van der Waals surface area contributed by atoms with Crippen LogP contribution in [-0.2, 0) is 4.79 Å². The molecular weight excluding hydrogens is 313 g/mol. The number of hydrogen-bond donors (Lipinski definition) is 1. The van der Waals surface area contributed by atoms with Gasteiger partial charge in [0.15, 0.2) is 0 Å². The lowest BCUT2D eigenvalue weighted by molar-refractivity contribution is -0.116. The van der Waals surface area contributed by atoms with Crippen molar-refractivity contribution in [2.75, 3.05) is 5.32 Å². The Morgan fingerprint density at radius 3 is 3.06 bits per heavy atom. The topological polar surface area (TPSA) is 29.1 Å². The molecule has 1 atom stereocenters. The Labute approximate surface area is 109 Å². The summed E-state index contributed by atoms with van der Waals surface area (Å²) in [4.78, 5) is 11.7. The number of benzene rings is 1. The van der Waals surface area contributed by atoms with Crippen LogP contribution < -0.4 is 5.32 Å². The number of hydrogen-bond acceptors (Lipinski definition) is 1. The Hall–Kier alpha value is -0.840. The average Bonchev–Trinajstić information content (AvgIpc) is 2.70. The number of carbonyl (C=O) groups excluding carboxylic acids is 1. The van der Waals surface area contributed by atoms with Gasteiger partial charge in [-0.15, -0.1) is 0 Å². The summed E-state index contributed by atoms with van der Waals surface area (Å²) in [6.45, 7) is 0. The average molecular weight is 327 g/mol. The van der Waals surface area contributed by atoms with E-state index in [0.717, 1.165) is 22.1 Å². The Balaban J connectivity index is 1.89. The Morgan fingerprint density at radius 1 is 1.50 bits per heavy atom. The zero-order valence-electron chi connectivity index (χ0n) is 8.95. The van der Waals surface area contributed by atoms with E-state index in [1.807, 2.05) is 24.3 Å². The molecule has 0 aliphatic heterocycles. The highest BCUT2D eigenvalue weighted by molar-refractivity contribution is 14.1. The molecule has 2 nitrogen and oxygen atoms in total. The summed E-state index contributed by atoms with van der Waals surface area (Å²) in [6, 6.07) is 7.86. The van der Waals surface area contributed by atoms with E-state index in [2.05, 4.69) is 40.1 Å². The van der Waals surface area contributed by atoms with E-state index in [4.69, 9.17) is 0 Å². The van der Waals surface area contributed by atoms with E-state index in [-0.39, 0.29) is 5.91 Å². The summed E-state index contributed by atoms with van der Waals surface area (Å²) < 4.78 is 1.14. The lowest BCUT2D eigenvalue weighted by Crippen LogP contribution is -2.14. The maximum atomic E-state index is 11.7. The van der Waals surface area contributed by atoms with Gasteiger partial charge in [0, 0.05) is 15.7 Å². The third-order valence-corrected chi connectivity index (χ3v) is 3.34. The van der Waals surface area contributed by atoms with E-state index < -0.39 is 0 Å². The van der Waals surface area contributed by atoms with Gasteiger partial charge in [0.2, 0.25) is 5.91 Å². The first kappa shape index (κ1) is 11.6. The molecule has 1 aliphatic carbocycles. The van der Waals surface area contributed by atoms with Crippen molar-refractivity contribution in [1.82, 2.24) is 0 Å². The van der Waals surface area contributed by atoms with Gasteiger partial charge >= 0.3 is 0 Å². The summed E-state index contributed by atoms with van der Waals surface area (Å²) in [7, 11) is 0. The smallest absolute Gasteiger partial charge is 0.224 e. The SMILES string of the molecule is O=C(CC1C=CCC1)Nc1cccc(I)c1. The first-order valence-electron chi connectivity index (χ1n) is 5.46. The van der Waals surface area contributed by atoms with Crippen LogP contribution >= 0.6 is 22.6 Å². The Morgan fingerprint density at radius 2 is 2.38 bits per heavy atom. The molecule has 1 unspecified atom stereocenters. The lowest BCUT2D eigenvalue weighted by Gasteiger charge is -2.08. The molecular formula is C13H14INO. The summed E-state index contributed by atoms with van der Waals surface area (Å²) in [6.07, 6.45) is 7.13. The molecule has 0 saturated heterocycles. The van der Waals surface area contributed by atoms with Crippen molar-refractivity contribution in [2.24, 2.45) is 5.92 Å². The van der Waals surface area contributed by atoms with Crippen LogP contribution in [0.1, 0.15) is 19.3 Å². The van der Waals surface area contributed by atoms with E-state index in [9.17, 15) is 4.79 Å². The Bertz CT molecular complexity index is 414. The quantitative estimate of drug-likeness (QED) is 0.667. The van der Waals surface area contributed by atoms with E-state index in [1.54, 1.807) is 0 Å². The molecule has 84 valence electrons. The predicted molar refractivity (Wildman–Crippen MR) is 74.3 cm³/mol. The number of nitrogens with one attached hydrogen (secondary N) is 1. The van der Waals surface area contributed by atoms with Gasteiger partial charge in [0.25, 0.3) is 0 Å². The normalized spacial score (nSPS) is 18.7. The molecule has 0 spiro atoms. The molecule has 0 radical (unpaired) electrons. The zero-order chi connectivity index (χ0) is 11.4. The second-order valence-electron chi connectivity index (χ2n) is 4.03. The molecule has 0 bridgehead atoms. The van der Waals surface area contributed by atoms with E-state index in [0.29, 0.717) is 12.3 Å². The lowest BCUT2D eigenvalue weighted by atomic mass is 10.1. The fourth-order valence-electron chi connectivity index (χ4n) is 1.88. The second kappa shape index (κ2) is 5.48. The van der Waals surface area contributed by atoms with Crippen LogP contribution in [0.2, 0.25) is 0 Å². The fourth-order valence-corrected chi connectivity index (χ4v) is 2.42. The van der Waals surface area contributed by atoms with Gasteiger partial charge in [0.05, 0.1) is 0 Å². The summed E-state index contributed by atoms with van der Waals surface area (Å²) in [5, 5.41) is 2.93. The van der Waals surface area contributed by atoms with Crippen LogP contribution in [0.3, 0.4) is 0 Å². The van der Waals surface area contributed by atoms with Crippen molar-refractivity contribution in [1.29, 1.82) is 0 Å². The van der Waals surface area contributed by atoms with Crippen LogP contribution in [0.5, 0.6) is 0 Å².